The molecule has 3 aliphatic carbocycles. The molecule has 3 fully saturated rings. The number of carbonyl (C=O) groups excluding carboxylic acids is 2. The monoisotopic (exact) mass is 352 g/mol. The third-order valence-corrected chi connectivity index (χ3v) is 6.87. The summed E-state index contributed by atoms with van der Waals surface area (Å²) >= 11 is 0. The summed E-state index contributed by atoms with van der Waals surface area (Å²) in [7, 11) is 0. The van der Waals surface area contributed by atoms with Crippen LogP contribution in [0.15, 0.2) is 0 Å². The molecule has 0 aromatic carbocycles. The maximum atomic E-state index is 12.7. The van der Waals surface area contributed by atoms with Gasteiger partial charge in [-0.2, -0.15) is 0 Å². The highest BCUT2D eigenvalue weighted by Crippen LogP contribution is 2.47. The third kappa shape index (κ3) is 3.43. The fourth-order valence-electron chi connectivity index (χ4n) is 4.46. The number of rotatable bonds is 6. The molecule has 0 heterocycles. The van der Waals surface area contributed by atoms with Crippen molar-refractivity contribution in [3.05, 3.63) is 0 Å². The van der Waals surface area contributed by atoms with Crippen LogP contribution in [0.5, 0.6) is 0 Å². The smallest absolute Gasteiger partial charge is 0.236 e. The first-order chi connectivity index (χ1) is 11.7. The number of amides is 2. The highest BCUT2D eigenvalue weighted by Gasteiger charge is 2.58. The van der Waals surface area contributed by atoms with E-state index in [1.165, 1.54) is 0 Å². The molecule has 6 heteroatoms. The van der Waals surface area contributed by atoms with Crippen molar-refractivity contribution in [2.45, 2.75) is 101 Å². The van der Waals surface area contributed by atoms with Crippen LogP contribution in [-0.4, -0.2) is 45.3 Å². The Labute approximate surface area is 149 Å². The lowest BCUT2D eigenvalue weighted by Crippen LogP contribution is -2.56. The van der Waals surface area contributed by atoms with E-state index in [4.69, 9.17) is 0 Å². The Kier molecular flexibility index (Phi) is 4.88. The first-order valence-electron chi connectivity index (χ1n) is 9.79. The zero-order chi connectivity index (χ0) is 18.3. The predicted molar refractivity (Wildman–Crippen MR) is 93.7 cm³/mol. The molecule has 0 saturated heterocycles. The van der Waals surface area contributed by atoms with Gasteiger partial charge in [0, 0.05) is 0 Å². The first-order valence-corrected chi connectivity index (χ1v) is 9.79. The van der Waals surface area contributed by atoms with Crippen LogP contribution in [0.2, 0.25) is 0 Å². The third-order valence-electron chi connectivity index (χ3n) is 6.87. The summed E-state index contributed by atoms with van der Waals surface area (Å²) in [6.07, 6.45) is 7.71. The van der Waals surface area contributed by atoms with Gasteiger partial charge in [0.25, 0.3) is 0 Å². The van der Waals surface area contributed by atoms with E-state index in [0.29, 0.717) is 38.5 Å². The van der Waals surface area contributed by atoms with Crippen molar-refractivity contribution in [1.82, 2.24) is 10.6 Å². The molecule has 0 aliphatic heterocycles. The van der Waals surface area contributed by atoms with Crippen LogP contribution in [0.4, 0.5) is 0 Å². The maximum absolute atomic E-state index is 12.7. The molecule has 0 unspecified atom stereocenters. The molecule has 3 aliphatic rings. The van der Waals surface area contributed by atoms with Crippen molar-refractivity contribution in [1.29, 1.82) is 0 Å². The fraction of sp³-hybridized carbons (Fsp3) is 0.895. The Morgan fingerprint density at radius 3 is 1.32 bits per heavy atom. The van der Waals surface area contributed by atoms with Crippen molar-refractivity contribution in [2.24, 2.45) is 5.41 Å². The first kappa shape index (κ1) is 18.6. The predicted octanol–water partition coefficient (Wildman–Crippen LogP) is 1.39. The zero-order valence-electron chi connectivity index (χ0n) is 15.4. The summed E-state index contributed by atoms with van der Waals surface area (Å²) in [5, 5.41) is 27.0. The quantitative estimate of drug-likeness (QED) is 0.543. The minimum Gasteiger partial charge on any atom is -0.388 e. The van der Waals surface area contributed by atoms with Crippen LogP contribution in [-0.2, 0) is 9.59 Å². The SMILES string of the molecule is C[C@@H](NC(=O)C1(C(=O)N[C@H](C)C2(O)CCCC2)CC1)C1(O)CCCC1. The summed E-state index contributed by atoms with van der Waals surface area (Å²) in [4.78, 5) is 25.4. The largest absolute Gasteiger partial charge is 0.388 e. The van der Waals surface area contributed by atoms with E-state index in [9.17, 15) is 19.8 Å². The summed E-state index contributed by atoms with van der Waals surface area (Å²) in [5.41, 5.74) is -2.73. The maximum Gasteiger partial charge on any atom is 0.236 e. The molecule has 25 heavy (non-hydrogen) atoms. The molecule has 0 bridgehead atoms. The van der Waals surface area contributed by atoms with E-state index in [1.807, 2.05) is 13.8 Å². The summed E-state index contributed by atoms with van der Waals surface area (Å²) in [5.74, 6) is -0.577. The molecule has 0 aromatic rings. The van der Waals surface area contributed by atoms with Crippen molar-refractivity contribution in [2.75, 3.05) is 0 Å². The van der Waals surface area contributed by atoms with Gasteiger partial charge in [0.2, 0.25) is 11.8 Å². The molecule has 142 valence electrons. The molecular weight excluding hydrogens is 320 g/mol. The average Bonchev–Trinajstić information content (AvgIpc) is 3.07. The van der Waals surface area contributed by atoms with Crippen molar-refractivity contribution in [3.63, 3.8) is 0 Å². The Balaban J connectivity index is 1.59. The van der Waals surface area contributed by atoms with Crippen molar-refractivity contribution in [3.8, 4) is 0 Å². The van der Waals surface area contributed by atoms with Gasteiger partial charge in [-0.25, -0.2) is 0 Å². The number of carbonyl (C=O) groups is 2. The van der Waals surface area contributed by atoms with Gasteiger partial charge in [0.05, 0.1) is 23.3 Å². The van der Waals surface area contributed by atoms with E-state index in [0.717, 1.165) is 25.7 Å². The van der Waals surface area contributed by atoms with E-state index in [-0.39, 0.29) is 23.9 Å². The highest BCUT2D eigenvalue weighted by atomic mass is 16.3. The van der Waals surface area contributed by atoms with Gasteiger partial charge in [-0.1, -0.05) is 25.7 Å². The molecule has 4 N–H and O–H groups in total. The van der Waals surface area contributed by atoms with Gasteiger partial charge in [-0.05, 0) is 52.4 Å². The summed E-state index contributed by atoms with van der Waals surface area (Å²) in [6, 6.07) is -0.714. The van der Waals surface area contributed by atoms with Crippen LogP contribution in [0, 0.1) is 5.41 Å². The van der Waals surface area contributed by atoms with Gasteiger partial charge in [-0.3, -0.25) is 9.59 Å². The lowest BCUT2D eigenvalue weighted by atomic mass is 9.91. The molecule has 3 rings (SSSR count). The van der Waals surface area contributed by atoms with E-state index < -0.39 is 16.6 Å². The second kappa shape index (κ2) is 6.54. The number of hydrogen-bond donors (Lipinski definition) is 4. The zero-order valence-corrected chi connectivity index (χ0v) is 15.4. The Morgan fingerprint density at radius 1 is 0.720 bits per heavy atom. The number of hydrogen-bond acceptors (Lipinski definition) is 4. The highest BCUT2D eigenvalue weighted by molar-refractivity contribution is 6.08. The lowest BCUT2D eigenvalue weighted by Gasteiger charge is -2.33. The minimum atomic E-state index is -1.02. The minimum absolute atomic E-state index is 0.288. The van der Waals surface area contributed by atoms with Crippen LogP contribution in [0.25, 0.3) is 0 Å². The average molecular weight is 352 g/mol. The summed E-state index contributed by atoms with van der Waals surface area (Å²) in [6.45, 7) is 3.64. The van der Waals surface area contributed by atoms with Crippen LogP contribution >= 0.6 is 0 Å². The molecule has 0 spiro atoms. The molecule has 0 aromatic heterocycles. The van der Waals surface area contributed by atoms with E-state index in [2.05, 4.69) is 10.6 Å². The molecule has 6 nitrogen and oxygen atoms in total. The molecular formula is C19H32N2O4. The topological polar surface area (TPSA) is 98.7 Å². The molecule has 3 saturated carbocycles. The van der Waals surface area contributed by atoms with E-state index >= 15 is 0 Å². The number of nitrogens with one attached hydrogen (secondary N) is 2. The van der Waals surface area contributed by atoms with Gasteiger partial charge in [0.1, 0.15) is 5.41 Å². The van der Waals surface area contributed by atoms with Crippen LogP contribution in [0.3, 0.4) is 0 Å². The standard InChI is InChI=1S/C19H32N2O4/c1-13(18(24)7-3-4-8-18)20-15(22)17(11-12-17)16(23)21-14(2)19(25)9-5-6-10-19/h13-14,24-25H,3-12H2,1-2H3,(H,20,22)(H,21,23)/t13-,14-/m1/s1. The fourth-order valence-corrected chi connectivity index (χ4v) is 4.46. The molecule has 2 atom stereocenters. The summed E-state index contributed by atoms with van der Waals surface area (Å²) < 4.78 is 0. The molecule has 2 amide bonds. The Hall–Kier alpha value is -1.14. The van der Waals surface area contributed by atoms with Crippen LogP contribution in [0.1, 0.15) is 78.1 Å². The lowest BCUT2D eigenvalue weighted by molar-refractivity contribution is -0.140. The second-order valence-corrected chi connectivity index (χ2v) is 8.59. The van der Waals surface area contributed by atoms with Crippen molar-refractivity contribution < 1.29 is 19.8 Å². The van der Waals surface area contributed by atoms with Crippen molar-refractivity contribution >= 4 is 11.8 Å². The normalized spacial score (nSPS) is 28.2. The van der Waals surface area contributed by atoms with Gasteiger partial charge in [0.15, 0.2) is 0 Å². The second-order valence-electron chi connectivity index (χ2n) is 8.59. The Morgan fingerprint density at radius 2 is 1.04 bits per heavy atom. The van der Waals surface area contributed by atoms with Gasteiger partial charge >= 0.3 is 0 Å². The number of aliphatic hydroxyl groups is 2. The van der Waals surface area contributed by atoms with Crippen LogP contribution < -0.4 is 10.6 Å². The van der Waals surface area contributed by atoms with Gasteiger partial charge < -0.3 is 20.8 Å². The van der Waals surface area contributed by atoms with Gasteiger partial charge in [-0.15, -0.1) is 0 Å². The Bertz CT molecular complexity index is 488. The molecule has 0 radical (unpaired) electrons. The van der Waals surface area contributed by atoms with E-state index in [1.54, 1.807) is 0 Å².